The summed E-state index contributed by atoms with van der Waals surface area (Å²) in [5.74, 6) is 2.20. The highest BCUT2D eigenvalue weighted by atomic mass is 16.5. The second-order valence-corrected chi connectivity index (χ2v) is 7.52. The molecule has 2 rings (SSSR count). The van der Waals surface area contributed by atoms with Crippen molar-refractivity contribution in [2.75, 3.05) is 13.1 Å². The lowest BCUT2D eigenvalue weighted by Crippen LogP contribution is -2.41. The first-order valence-electron chi connectivity index (χ1n) is 7.33. The number of aromatic nitrogens is 2. The van der Waals surface area contributed by atoms with Gasteiger partial charge in [-0.25, -0.2) is 0 Å². The van der Waals surface area contributed by atoms with E-state index in [0.29, 0.717) is 5.92 Å². The minimum absolute atomic E-state index is 0.0451. The van der Waals surface area contributed by atoms with Gasteiger partial charge in [-0.2, -0.15) is 4.98 Å². The van der Waals surface area contributed by atoms with E-state index in [0.717, 1.165) is 31.2 Å². The van der Waals surface area contributed by atoms with Crippen molar-refractivity contribution in [1.82, 2.24) is 15.5 Å². The van der Waals surface area contributed by atoms with E-state index in [4.69, 9.17) is 4.52 Å². The molecule has 1 aliphatic rings. The van der Waals surface area contributed by atoms with Crippen LogP contribution in [0.3, 0.4) is 0 Å². The van der Waals surface area contributed by atoms with Crippen molar-refractivity contribution in [3.8, 4) is 0 Å². The van der Waals surface area contributed by atoms with E-state index >= 15 is 0 Å². The van der Waals surface area contributed by atoms with E-state index in [2.05, 4.69) is 50.1 Å². The Morgan fingerprint density at radius 2 is 2.00 bits per heavy atom. The van der Waals surface area contributed by atoms with Crippen molar-refractivity contribution in [2.24, 2.45) is 11.3 Å². The molecule has 0 radical (unpaired) electrons. The molecule has 1 aromatic heterocycles. The van der Waals surface area contributed by atoms with Crippen molar-refractivity contribution >= 4 is 0 Å². The van der Waals surface area contributed by atoms with Gasteiger partial charge in [0.15, 0.2) is 5.82 Å². The fraction of sp³-hybridized carbons (Fsp3) is 0.867. The number of hydrogen-bond donors (Lipinski definition) is 1. The van der Waals surface area contributed by atoms with Crippen molar-refractivity contribution in [3.63, 3.8) is 0 Å². The van der Waals surface area contributed by atoms with Gasteiger partial charge in [-0.1, -0.05) is 39.8 Å². The zero-order chi connectivity index (χ0) is 14.1. The molecule has 0 saturated carbocycles. The van der Waals surface area contributed by atoms with E-state index in [1.54, 1.807) is 0 Å². The van der Waals surface area contributed by atoms with Crippen molar-refractivity contribution in [3.05, 3.63) is 11.7 Å². The molecule has 4 nitrogen and oxygen atoms in total. The highest BCUT2D eigenvalue weighted by Gasteiger charge is 2.37. The van der Waals surface area contributed by atoms with Crippen LogP contribution in [0.5, 0.6) is 0 Å². The fourth-order valence-corrected chi connectivity index (χ4v) is 2.70. The predicted octanol–water partition coefficient (Wildman–Crippen LogP) is 2.94. The molecule has 19 heavy (non-hydrogen) atoms. The Hall–Kier alpha value is -0.900. The molecule has 1 aromatic rings. The summed E-state index contributed by atoms with van der Waals surface area (Å²) in [5, 5.41) is 7.62. The molecule has 2 heterocycles. The smallest absolute Gasteiger partial charge is 0.232 e. The van der Waals surface area contributed by atoms with E-state index in [9.17, 15) is 0 Å². The molecule has 108 valence electrons. The van der Waals surface area contributed by atoms with E-state index in [1.807, 2.05) is 0 Å². The van der Waals surface area contributed by atoms with Crippen molar-refractivity contribution in [2.45, 2.75) is 59.3 Å². The molecule has 1 N–H and O–H groups in total. The molecule has 0 aliphatic carbocycles. The van der Waals surface area contributed by atoms with E-state index in [1.165, 1.54) is 12.8 Å². The first kappa shape index (κ1) is 14.5. The lowest BCUT2D eigenvalue weighted by molar-refractivity contribution is 0.196. The van der Waals surface area contributed by atoms with Gasteiger partial charge < -0.3 is 9.84 Å². The summed E-state index contributed by atoms with van der Waals surface area (Å²) in [7, 11) is 0. The van der Waals surface area contributed by atoms with Crippen LogP contribution in [0.25, 0.3) is 0 Å². The van der Waals surface area contributed by atoms with Crippen LogP contribution in [0.2, 0.25) is 0 Å². The Labute approximate surface area is 116 Å². The largest absolute Gasteiger partial charge is 0.339 e. The predicted molar refractivity (Wildman–Crippen MR) is 76.1 cm³/mol. The standard InChI is InChI=1S/C15H27N3O/c1-14(2,3)9-12-17-13(19-18-12)15(4,5)11-7-6-8-16-10-11/h11,16H,6-10H2,1-5H3. The summed E-state index contributed by atoms with van der Waals surface area (Å²) in [6.45, 7) is 13.2. The summed E-state index contributed by atoms with van der Waals surface area (Å²) in [4.78, 5) is 4.64. The van der Waals surface area contributed by atoms with Crippen LogP contribution in [0, 0.1) is 11.3 Å². The number of nitrogens with zero attached hydrogens (tertiary/aromatic N) is 2. The molecule has 0 aromatic carbocycles. The van der Waals surface area contributed by atoms with Crippen LogP contribution in [-0.4, -0.2) is 23.2 Å². The zero-order valence-corrected chi connectivity index (χ0v) is 12.9. The quantitative estimate of drug-likeness (QED) is 0.913. The summed E-state index contributed by atoms with van der Waals surface area (Å²) in [6.07, 6.45) is 3.32. The molecular weight excluding hydrogens is 238 g/mol. The Morgan fingerprint density at radius 1 is 1.26 bits per heavy atom. The number of hydrogen-bond acceptors (Lipinski definition) is 4. The molecule has 1 aliphatic heterocycles. The maximum Gasteiger partial charge on any atom is 0.232 e. The van der Waals surface area contributed by atoms with Crippen LogP contribution in [0.1, 0.15) is 59.2 Å². The normalized spacial score (nSPS) is 21.6. The van der Waals surface area contributed by atoms with Crippen LogP contribution in [0.4, 0.5) is 0 Å². The van der Waals surface area contributed by atoms with Crippen LogP contribution < -0.4 is 5.32 Å². The van der Waals surface area contributed by atoms with Gasteiger partial charge in [0.1, 0.15) is 0 Å². The van der Waals surface area contributed by atoms with Gasteiger partial charge in [0.25, 0.3) is 0 Å². The summed E-state index contributed by atoms with van der Waals surface area (Å²) in [5.41, 5.74) is 0.147. The summed E-state index contributed by atoms with van der Waals surface area (Å²) >= 11 is 0. The number of piperidine rings is 1. The average Bonchev–Trinajstić information content (AvgIpc) is 2.77. The topological polar surface area (TPSA) is 51.0 Å². The maximum atomic E-state index is 5.54. The maximum absolute atomic E-state index is 5.54. The summed E-state index contributed by atoms with van der Waals surface area (Å²) < 4.78 is 5.54. The minimum atomic E-state index is -0.0451. The molecule has 0 bridgehead atoms. The zero-order valence-electron chi connectivity index (χ0n) is 12.9. The summed E-state index contributed by atoms with van der Waals surface area (Å²) in [6, 6.07) is 0. The fourth-order valence-electron chi connectivity index (χ4n) is 2.70. The van der Waals surface area contributed by atoms with Gasteiger partial charge in [-0.05, 0) is 37.3 Å². The van der Waals surface area contributed by atoms with E-state index < -0.39 is 0 Å². The lowest BCUT2D eigenvalue weighted by atomic mass is 9.75. The molecule has 1 saturated heterocycles. The van der Waals surface area contributed by atoms with Gasteiger partial charge in [-0.15, -0.1) is 0 Å². The Balaban J connectivity index is 2.11. The number of rotatable bonds is 3. The van der Waals surface area contributed by atoms with Crippen molar-refractivity contribution < 1.29 is 4.52 Å². The monoisotopic (exact) mass is 265 g/mol. The van der Waals surface area contributed by atoms with Crippen LogP contribution >= 0.6 is 0 Å². The molecule has 0 spiro atoms. The SMILES string of the molecule is CC(C)(C)Cc1noc(C(C)(C)C2CCCNC2)n1. The third-order valence-corrected chi connectivity index (χ3v) is 4.03. The molecule has 4 heteroatoms. The minimum Gasteiger partial charge on any atom is -0.339 e. The van der Waals surface area contributed by atoms with Gasteiger partial charge in [0, 0.05) is 11.8 Å². The van der Waals surface area contributed by atoms with E-state index in [-0.39, 0.29) is 10.8 Å². The molecule has 1 unspecified atom stereocenters. The third-order valence-electron chi connectivity index (χ3n) is 4.03. The molecular formula is C15H27N3O. The molecule has 0 amide bonds. The molecule has 1 fully saturated rings. The Morgan fingerprint density at radius 3 is 2.58 bits per heavy atom. The molecule has 1 atom stereocenters. The average molecular weight is 265 g/mol. The highest BCUT2D eigenvalue weighted by molar-refractivity contribution is 5.06. The van der Waals surface area contributed by atoms with Crippen molar-refractivity contribution in [1.29, 1.82) is 0 Å². The highest BCUT2D eigenvalue weighted by Crippen LogP contribution is 2.34. The lowest BCUT2D eigenvalue weighted by Gasteiger charge is -2.34. The first-order valence-corrected chi connectivity index (χ1v) is 7.33. The van der Waals surface area contributed by atoms with Gasteiger partial charge in [0.2, 0.25) is 5.89 Å². The Kier molecular flexibility index (Phi) is 4.00. The van der Waals surface area contributed by atoms with Crippen LogP contribution in [-0.2, 0) is 11.8 Å². The van der Waals surface area contributed by atoms with Crippen LogP contribution in [0.15, 0.2) is 4.52 Å². The van der Waals surface area contributed by atoms with Gasteiger partial charge in [0.05, 0.1) is 0 Å². The second-order valence-electron chi connectivity index (χ2n) is 7.52. The van der Waals surface area contributed by atoms with Gasteiger partial charge in [-0.3, -0.25) is 0 Å². The third kappa shape index (κ3) is 3.56. The Bertz CT molecular complexity index is 411. The number of nitrogens with one attached hydrogen (secondary N) is 1. The second kappa shape index (κ2) is 5.23. The first-order chi connectivity index (χ1) is 8.79. The van der Waals surface area contributed by atoms with Gasteiger partial charge >= 0.3 is 0 Å².